The van der Waals surface area contributed by atoms with Gasteiger partial charge in [-0.3, -0.25) is 14.5 Å². The van der Waals surface area contributed by atoms with Crippen LogP contribution in [0.3, 0.4) is 0 Å². The van der Waals surface area contributed by atoms with Crippen LogP contribution in [0.4, 0.5) is 4.39 Å². The van der Waals surface area contributed by atoms with Crippen LogP contribution in [-0.4, -0.2) is 20.5 Å². The fraction of sp³-hybridized carbons (Fsp3) is 0.250. The molecular formula is C12H11BrFN3O. The fourth-order valence-corrected chi connectivity index (χ4v) is 2.07. The van der Waals surface area contributed by atoms with Crippen LogP contribution in [0.2, 0.25) is 0 Å². The third-order valence-corrected chi connectivity index (χ3v) is 3.00. The molecule has 2 aromatic rings. The number of aromatic nitrogens is 3. The zero-order chi connectivity index (χ0) is 13.3. The monoisotopic (exact) mass is 311 g/mol. The first kappa shape index (κ1) is 12.9. The molecule has 0 bridgehead atoms. The average molecular weight is 312 g/mol. The van der Waals surface area contributed by atoms with E-state index in [0.29, 0.717) is 10.2 Å². The highest BCUT2D eigenvalue weighted by atomic mass is 79.9. The van der Waals surface area contributed by atoms with Gasteiger partial charge in [-0.15, -0.1) is 0 Å². The largest absolute Gasteiger partial charge is 0.287 e. The van der Waals surface area contributed by atoms with Gasteiger partial charge in [0, 0.05) is 17.8 Å². The summed E-state index contributed by atoms with van der Waals surface area (Å²) in [6.07, 6.45) is 3.96. The molecule has 0 spiro atoms. The maximum absolute atomic E-state index is 13.1. The molecule has 2 aromatic heterocycles. The van der Waals surface area contributed by atoms with E-state index in [1.54, 1.807) is 10.9 Å². The van der Waals surface area contributed by atoms with E-state index in [1.165, 1.54) is 12.3 Å². The zero-order valence-corrected chi connectivity index (χ0v) is 11.5. The Labute approximate surface area is 112 Å². The number of rotatable bonds is 3. The Bertz CT molecular complexity index is 595. The quantitative estimate of drug-likeness (QED) is 0.819. The summed E-state index contributed by atoms with van der Waals surface area (Å²) in [6.45, 7) is 3.83. The molecular weight excluding hydrogens is 301 g/mol. The number of carbonyl (C=O) groups excluding carboxylic acids is 1. The smallest absolute Gasteiger partial charge is 0.213 e. The Morgan fingerprint density at radius 2 is 2.11 bits per heavy atom. The van der Waals surface area contributed by atoms with Gasteiger partial charge in [-0.05, 0) is 35.8 Å². The van der Waals surface area contributed by atoms with Gasteiger partial charge in [-0.2, -0.15) is 5.10 Å². The first-order valence-corrected chi connectivity index (χ1v) is 6.18. The van der Waals surface area contributed by atoms with Crippen LogP contribution in [0.25, 0.3) is 0 Å². The number of nitrogens with zero attached hydrogens (tertiary/aromatic N) is 3. The fourth-order valence-electron chi connectivity index (χ4n) is 1.62. The van der Waals surface area contributed by atoms with Gasteiger partial charge in [0.2, 0.25) is 5.78 Å². The highest BCUT2D eigenvalue weighted by molar-refractivity contribution is 9.10. The summed E-state index contributed by atoms with van der Waals surface area (Å²) >= 11 is 3.28. The maximum atomic E-state index is 13.1. The molecule has 0 amide bonds. The van der Waals surface area contributed by atoms with E-state index in [0.717, 1.165) is 6.20 Å². The molecule has 94 valence electrons. The van der Waals surface area contributed by atoms with Crippen LogP contribution in [-0.2, 0) is 0 Å². The minimum atomic E-state index is -0.535. The van der Waals surface area contributed by atoms with Crippen LogP contribution in [0.1, 0.15) is 35.9 Å². The second-order valence-corrected chi connectivity index (χ2v) is 4.95. The average Bonchev–Trinajstić information content (AvgIpc) is 2.70. The van der Waals surface area contributed by atoms with Crippen LogP contribution >= 0.6 is 15.9 Å². The number of carbonyl (C=O) groups is 1. The minimum Gasteiger partial charge on any atom is -0.287 e. The lowest BCUT2D eigenvalue weighted by Crippen LogP contribution is -2.14. The molecule has 18 heavy (non-hydrogen) atoms. The summed E-state index contributed by atoms with van der Waals surface area (Å²) in [5.74, 6) is -0.840. The highest BCUT2D eigenvalue weighted by Gasteiger charge is 2.20. The Hall–Kier alpha value is -1.56. The molecule has 6 heteroatoms. The van der Waals surface area contributed by atoms with Crippen molar-refractivity contribution in [2.45, 2.75) is 19.9 Å². The lowest BCUT2D eigenvalue weighted by molar-refractivity contribution is 0.102. The van der Waals surface area contributed by atoms with Crippen LogP contribution < -0.4 is 0 Å². The van der Waals surface area contributed by atoms with Crippen molar-refractivity contribution >= 4 is 21.7 Å². The number of halogens is 2. The van der Waals surface area contributed by atoms with Crippen molar-refractivity contribution in [1.82, 2.24) is 14.8 Å². The third-order valence-electron chi connectivity index (χ3n) is 2.42. The first-order chi connectivity index (χ1) is 8.50. The van der Waals surface area contributed by atoms with Crippen molar-refractivity contribution in [3.63, 3.8) is 0 Å². The van der Waals surface area contributed by atoms with E-state index >= 15 is 0 Å². The number of pyridine rings is 1. The van der Waals surface area contributed by atoms with Gasteiger partial charge >= 0.3 is 0 Å². The molecule has 0 fully saturated rings. The van der Waals surface area contributed by atoms with E-state index in [9.17, 15) is 9.18 Å². The first-order valence-electron chi connectivity index (χ1n) is 5.39. The molecule has 2 rings (SSSR count). The molecule has 0 saturated heterocycles. The van der Waals surface area contributed by atoms with E-state index in [-0.39, 0.29) is 17.4 Å². The summed E-state index contributed by atoms with van der Waals surface area (Å²) in [5.41, 5.74) is 0.607. The second kappa shape index (κ2) is 4.97. The molecule has 0 unspecified atom stereocenters. The lowest BCUT2D eigenvalue weighted by atomic mass is 10.1. The van der Waals surface area contributed by atoms with Gasteiger partial charge in [0.15, 0.2) is 0 Å². The molecule has 2 heterocycles. The molecule has 0 aromatic carbocycles. The minimum absolute atomic E-state index is 0.0387. The van der Waals surface area contributed by atoms with Crippen LogP contribution in [0.15, 0.2) is 29.1 Å². The number of hydrogen-bond acceptors (Lipinski definition) is 3. The zero-order valence-electron chi connectivity index (χ0n) is 9.89. The van der Waals surface area contributed by atoms with E-state index < -0.39 is 5.82 Å². The molecule has 0 N–H and O–H groups in total. The molecule has 0 aliphatic rings. The summed E-state index contributed by atoms with van der Waals surface area (Å²) < 4.78 is 15.3. The third kappa shape index (κ3) is 2.33. The molecule has 0 aliphatic carbocycles. The van der Waals surface area contributed by atoms with E-state index in [2.05, 4.69) is 26.0 Å². The van der Waals surface area contributed by atoms with Crippen molar-refractivity contribution < 1.29 is 9.18 Å². The van der Waals surface area contributed by atoms with Gasteiger partial charge in [0.1, 0.15) is 11.5 Å². The molecule has 0 saturated carbocycles. The summed E-state index contributed by atoms with van der Waals surface area (Å²) in [6, 6.07) is 1.20. The van der Waals surface area contributed by atoms with Crippen molar-refractivity contribution in [3.05, 3.63) is 46.2 Å². The van der Waals surface area contributed by atoms with Crippen LogP contribution in [0, 0.1) is 5.82 Å². The Morgan fingerprint density at radius 1 is 1.39 bits per heavy atom. The highest BCUT2D eigenvalue weighted by Crippen LogP contribution is 2.22. The van der Waals surface area contributed by atoms with Gasteiger partial charge in [-0.25, -0.2) is 4.39 Å². The summed E-state index contributed by atoms with van der Waals surface area (Å²) in [5, 5.41) is 4.12. The van der Waals surface area contributed by atoms with Gasteiger partial charge in [0.05, 0.1) is 16.9 Å². The van der Waals surface area contributed by atoms with E-state index in [4.69, 9.17) is 0 Å². The SMILES string of the molecule is CC(C)n1ncc(Br)c1C(=O)c1cncc(F)c1. The molecule has 0 radical (unpaired) electrons. The second-order valence-electron chi connectivity index (χ2n) is 4.10. The van der Waals surface area contributed by atoms with E-state index in [1.807, 2.05) is 13.8 Å². The molecule has 0 atom stereocenters. The predicted octanol–water partition coefficient (Wildman–Crippen LogP) is 2.99. The standard InChI is InChI=1S/C12H11BrFN3O/c1-7(2)17-11(10(13)6-16-17)12(18)8-3-9(14)5-15-4-8/h3-7H,1-2H3. The summed E-state index contributed by atoms with van der Waals surface area (Å²) in [7, 11) is 0. The number of hydrogen-bond donors (Lipinski definition) is 0. The summed E-state index contributed by atoms with van der Waals surface area (Å²) in [4.78, 5) is 16.0. The van der Waals surface area contributed by atoms with Gasteiger partial charge in [0.25, 0.3) is 0 Å². The van der Waals surface area contributed by atoms with Crippen molar-refractivity contribution in [3.8, 4) is 0 Å². The number of ketones is 1. The molecule has 4 nitrogen and oxygen atoms in total. The normalized spacial score (nSPS) is 10.9. The lowest BCUT2D eigenvalue weighted by Gasteiger charge is -2.10. The topological polar surface area (TPSA) is 47.8 Å². The Balaban J connectivity index is 2.49. The Kier molecular flexibility index (Phi) is 3.56. The van der Waals surface area contributed by atoms with Gasteiger partial charge < -0.3 is 0 Å². The van der Waals surface area contributed by atoms with Crippen molar-refractivity contribution in [2.75, 3.05) is 0 Å². The predicted molar refractivity (Wildman–Crippen MR) is 67.9 cm³/mol. The van der Waals surface area contributed by atoms with Gasteiger partial charge in [-0.1, -0.05) is 0 Å². The Morgan fingerprint density at radius 3 is 2.72 bits per heavy atom. The maximum Gasteiger partial charge on any atom is 0.213 e. The van der Waals surface area contributed by atoms with Crippen molar-refractivity contribution in [2.24, 2.45) is 0 Å². The van der Waals surface area contributed by atoms with Crippen molar-refractivity contribution in [1.29, 1.82) is 0 Å². The molecule has 0 aliphatic heterocycles. The van der Waals surface area contributed by atoms with Crippen LogP contribution in [0.5, 0.6) is 0 Å².